The van der Waals surface area contributed by atoms with E-state index in [1.54, 1.807) is 0 Å². The van der Waals surface area contributed by atoms with Gasteiger partial charge in [0.05, 0.1) is 32.6 Å². The predicted molar refractivity (Wildman–Crippen MR) is 180 cm³/mol. The van der Waals surface area contributed by atoms with Crippen molar-refractivity contribution in [3.8, 4) is 5.88 Å². The lowest BCUT2D eigenvalue weighted by atomic mass is 10.0. The number of aromatic nitrogens is 1. The van der Waals surface area contributed by atoms with Crippen molar-refractivity contribution in [1.82, 2.24) is 20.1 Å². The van der Waals surface area contributed by atoms with E-state index in [2.05, 4.69) is 19.9 Å². The van der Waals surface area contributed by atoms with Crippen LogP contribution in [0.5, 0.6) is 5.88 Å². The topological polar surface area (TPSA) is 137 Å². The number of halogens is 2. The van der Waals surface area contributed by atoms with Crippen LogP contribution in [0, 0.1) is 11.6 Å². The van der Waals surface area contributed by atoms with Crippen LogP contribution >= 0.6 is 0 Å². The van der Waals surface area contributed by atoms with Gasteiger partial charge in [-0.05, 0) is 62.8 Å². The SMILES string of the molecule is COc1ncc(C2=CC=C3N(C2)C(c2ccc(N4CCOCC4)cc2)=C(NC(=O)O)N3C(C)(C)C)cc1NS(=O)(=O)c1ccc(F)cc1F. The molecule has 0 bridgehead atoms. The molecule has 6 rings (SSSR count). The number of benzene rings is 2. The molecule has 0 aliphatic carbocycles. The third-order valence-electron chi connectivity index (χ3n) is 8.24. The number of hydrogen-bond donors (Lipinski definition) is 3. The number of nitrogens with zero attached hydrogens (tertiary/aromatic N) is 4. The van der Waals surface area contributed by atoms with E-state index in [1.807, 2.05) is 67.0 Å². The maximum absolute atomic E-state index is 14.5. The summed E-state index contributed by atoms with van der Waals surface area (Å²) in [6.45, 7) is 9.03. The molecule has 258 valence electrons. The summed E-state index contributed by atoms with van der Waals surface area (Å²) in [6, 6.07) is 11.6. The fraction of sp³-hybridized carbons (Fsp3) is 0.294. The first-order valence-corrected chi connectivity index (χ1v) is 16.9. The molecule has 1 fully saturated rings. The second-order valence-corrected chi connectivity index (χ2v) is 14.2. The van der Waals surface area contributed by atoms with Crippen LogP contribution in [0.25, 0.3) is 11.3 Å². The molecule has 49 heavy (non-hydrogen) atoms. The Morgan fingerprint density at radius 2 is 1.73 bits per heavy atom. The summed E-state index contributed by atoms with van der Waals surface area (Å²) in [6.07, 6.45) is 4.03. The average Bonchev–Trinajstić information content (AvgIpc) is 3.37. The molecule has 0 radical (unpaired) electrons. The second-order valence-electron chi connectivity index (χ2n) is 12.5. The number of carboxylic acid groups (broad SMARTS) is 1. The van der Waals surface area contributed by atoms with Gasteiger partial charge in [-0.15, -0.1) is 0 Å². The molecule has 3 aromatic rings. The maximum atomic E-state index is 14.5. The Morgan fingerprint density at radius 1 is 1.02 bits per heavy atom. The van der Waals surface area contributed by atoms with Crippen molar-refractivity contribution in [2.24, 2.45) is 0 Å². The molecule has 0 unspecified atom stereocenters. The monoisotopic (exact) mass is 694 g/mol. The molecule has 0 spiro atoms. The minimum Gasteiger partial charge on any atom is -0.480 e. The van der Waals surface area contributed by atoms with Crippen LogP contribution in [0.2, 0.25) is 0 Å². The quantitative estimate of drug-likeness (QED) is 0.287. The number of hydrogen-bond acceptors (Lipinski definition) is 9. The zero-order valence-electron chi connectivity index (χ0n) is 27.3. The van der Waals surface area contributed by atoms with Crippen LogP contribution in [0.1, 0.15) is 31.9 Å². The lowest BCUT2D eigenvalue weighted by Crippen LogP contribution is -2.44. The Hall–Kier alpha value is -5.15. The molecule has 3 N–H and O–H groups in total. The van der Waals surface area contributed by atoms with E-state index < -0.39 is 38.2 Å². The Kier molecular flexibility index (Phi) is 8.98. The van der Waals surface area contributed by atoms with Crippen LogP contribution in [0.15, 0.2) is 83.4 Å². The van der Waals surface area contributed by atoms with E-state index in [0.29, 0.717) is 36.4 Å². The molecule has 4 heterocycles. The van der Waals surface area contributed by atoms with Gasteiger partial charge in [-0.25, -0.2) is 27.0 Å². The van der Waals surface area contributed by atoms with E-state index in [0.717, 1.165) is 47.9 Å². The summed E-state index contributed by atoms with van der Waals surface area (Å²) in [5.74, 6) is -1.09. The van der Waals surface area contributed by atoms with Gasteiger partial charge in [-0.3, -0.25) is 10.0 Å². The highest BCUT2D eigenvalue weighted by Crippen LogP contribution is 2.45. The number of rotatable bonds is 8. The number of sulfonamides is 1. The van der Waals surface area contributed by atoms with Gasteiger partial charge >= 0.3 is 6.09 Å². The van der Waals surface area contributed by atoms with E-state index in [9.17, 15) is 27.1 Å². The maximum Gasteiger partial charge on any atom is 0.410 e. The highest BCUT2D eigenvalue weighted by Gasteiger charge is 2.42. The summed E-state index contributed by atoms with van der Waals surface area (Å²) in [5, 5.41) is 12.6. The molecule has 1 saturated heterocycles. The first kappa shape index (κ1) is 33.7. The first-order valence-electron chi connectivity index (χ1n) is 15.4. The molecule has 3 aliphatic rings. The molecular formula is C34H36F2N6O6S. The smallest absolute Gasteiger partial charge is 0.410 e. The van der Waals surface area contributed by atoms with Gasteiger partial charge in [0.2, 0.25) is 5.88 Å². The summed E-state index contributed by atoms with van der Waals surface area (Å²) in [5.41, 5.74) is 3.10. The van der Waals surface area contributed by atoms with Crippen LogP contribution in [-0.2, 0) is 14.8 Å². The normalized spacial score (nSPS) is 16.7. The lowest BCUT2D eigenvalue weighted by Gasteiger charge is -2.38. The largest absolute Gasteiger partial charge is 0.480 e. The molecular weight excluding hydrogens is 658 g/mol. The number of allylic oxidation sites excluding steroid dienone is 2. The molecule has 1 aromatic heterocycles. The minimum absolute atomic E-state index is 0.0557. The van der Waals surface area contributed by atoms with Crippen LogP contribution in [-0.4, -0.2) is 79.9 Å². The Labute approximate surface area is 283 Å². The number of morpholine rings is 1. The standard InChI is InChI=1S/C34H36F2N6O6S/c1-34(2,3)42-29-12-7-22(23-17-27(32(47-4)37-19-23)39-49(45,46)28-11-8-24(35)18-26(28)36)20-41(29)30(31(42)38-33(43)44)21-5-9-25(10-6-21)40-13-15-48-16-14-40/h5-12,17-19,38-39H,13-16,20H2,1-4H3,(H,43,44). The fourth-order valence-corrected chi connectivity index (χ4v) is 7.20. The molecule has 12 nitrogen and oxygen atoms in total. The van der Waals surface area contributed by atoms with Crippen molar-refractivity contribution in [1.29, 1.82) is 0 Å². The second kappa shape index (κ2) is 13.0. The lowest BCUT2D eigenvalue weighted by molar-refractivity contribution is 0.122. The van der Waals surface area contributed by atoms with Crippen molar-refractivity contribution < 1.29 is 36.6 Å². The Bertz CT molecular complexity index is 1990. The molecule has 3 aliphatic heterocycles. The van der Waals surface area contributed by atoms with Gasteiger partial charge in [-0.1, -0.05) is 18.2 Å². The number of ether oxygens (including phenoxy) is 2. The summed E-state index contributed by atoms with van der Waals surface area (Å²) in [7, 11) is -3.18. The van der Waals surface area contributed by atoms with Crippen molar-refractivity contribution >= 4 is 38.8 Å². The molecule has 1 amide bonds. The Morgan fingerprint density at radius 3 is 2.37 bits per heavy atom. The van der Waals surface area contributed by atoms with Crippen molar-refractivity contribution in [2.45, 2.75) is 31.2 Å². The first-order chi connectivity index (χ1) is 23.3. The number of fused-ring (bicyclic) bond motifs is 1. The van der Waals surface area contributed by atoms with E-state index >= 15 is 0 Å². The number of nitrogens with one attached hydrogen (secondary N) is 2. The van der Waals surface area contributed by atoms with Gasteiger partial charge in [0.15, 0.2) is 0 Å². The van der Waals surface area contributed by atoms with Crippen LogP contribution in [0.3, 0.4) is 0 Å². The highest BCUT2D eigenvalue weighted by atomic mass is 32.2. The zero-order valence-corrected chi connectivity index (χ0v) is 28.1. The van der Waals surface area contributed by atoms with Crippen molar-refractivity contribution in [3.05, 3.63) is 101 Å². The number of carbonyl (C=O) groups is 1. The summed E-state index contributed by atoms with van der Waals surface area (Å²) < 4.78 is 67.4. The minimum atomic E-state index is -4.50. The van der Waals surface area contributed by atoms with Gasteiger partial charge < -0.3 is 29.3 Å². The van der Waals surface area contributed by atoms with Crippen molar-refractivity contribution in [2.75, 3.05) is 49.6 Å². The summed E-state index contributed by atoms with van der Waals surface area (Å²) >= 11 is 0. The van der Waals surface area contributed by atoms with Crippen LogP contribution in [0.4, 0.5) is 25.0 Å². The third-order valence-corrected chi connectivity index (χ3v) is 9.64. The number of anilines is 2. The van der Waals surface area contributed by atoms with Crippen LogP contribution < -0.4 is 19.7 Å². The van der Waals surface area contributed by atoms with Gasteiger partial charge in [0.1, 0.15) is 33.9 Å². The van der Waals surface area contributed by atoms with E-state index in [-0.39, 0.29) is 18.1 Å². The third kappa shape index (κ3) is 6.76. The van der Waals surface area contributed by atoms with E-state index in [4.69, 9.17) is 9.47 Å². The predicted octanol–water partition coefficient (Wildman–Crippen LogP) is 5.25. The highest BCUT2D eigenvalue weighted by molar-refractivity contribution is 7.92. The number of methoxy groups -OCH3 is 1. The Balaban J connectivity index is 1.38. The fourth-order valence-electron chi connectivity index (χ4n) is 6.09. The molecule has 0 saturated carbocycles. The number of amides is 1. The van der Waals surface area contributed by atoms with Gasteiger partial charge in [0, 0.05) is 47.7 Å². The molecule has 2 aromatic carbocycles. The van der Waals surface area contributed by atoms with Gasteiger partial charge in [0.25, 0.3) is 10.0 Å². The molecule has 15 heteroatoms. The van der Waals surface area contributed by atoms with E-state index in [1.165, 1.54) is 19.4 Å². The summed E-state index contributed by atoms with van der Waals surface area (Å²) in [4.78, 5) is 21.9. The van der Waals surface area contributed by atoms with Crippen molar-refractivity contribution in [3.63, 3.8) is 0 Å². The number of pyridine rings is 1. The van der Waals surface area contributed by atoms with Gasteiger partial charge in [-0.2, -0.15) is 0 Å². The average molecular weight is 695 g/mol. The zero-order chi connectivity index (χ0) is 35.1. The molecule has 0 atom stereocenters.